The summed E-state index contributed by atoms with van der Waals surface area (Å²) in [5.41, 5.74) is 0. The van der Waals surface area contributed by atoms with E-state index in [0.29, 0.717) is 11.4 Å². The van der Waals surface area contributed by atoms with Gasteiger partial charge in [-0.3, -0.25) is 14.6 Å². The van der Waals surface area contributed by atoms with Gasteiger partial charge in [-0.1, -0.05) is 18.1 Å². The van der Waals surface area contributed by atoms with Gasteiger partial charge in [-0.05, 0) is 17.9 Å². The van der Waals surface area contributed by atoms with Gasteiger partial charge in [0.2, 0.25) is 5.91 Å². The summed E-state index contributed by atoms with van der Waals surface area (Å²) >= 11 is 1.36. The van der Waals surface area contributed by atoms with E-state index < -0.39 is 17.7 Å². The number of imide groups is 1. The van der Waals surface area contributed by atoms with E-state index in [4.69, 9.17) is 0 Å². The predicted molar refractivity (Wildman–Crippen MR) is 75.9 cm³/mol. The van der Waals surface area contributed by atoms with Crippen LogP contribution in [-0.4, -0.2) is 28.2 Å². The number of hydrogen-bond donors (Lipinski definition) is 2. The third-order valence-corrected chi connectivity index (χ3v) is 3.38. The van der Waals surface area contributed by atoms with Crippen LogP contribution in [0.5, 0.6) is 0 Å². The van der Waals surface area contributed by atoms with Gasteiger partial charge < -0.3 is 5.32 Å². The van der Waals surface area contributed by atoms with Crippen molar-refractivity contribution in [1.82, 2.24) is 20.4 Å². The van der Waals surface area contributed by atoms with Crippen LogP contribution in [0, 0.1) is 0 Å². The SMILES string of the molecule is CCCNC(=O)NC(=O)Cn1c(-c2cccs2)noc1=O. The largest absolute Gasteiger partial charge is 0.442 e. The van der Waals surface area contributed by atoms with Crippen molar-refractivity contribution in [2.75, 3.05) is 6.54 Å². The van der Waals surface area contributed by atoms with Crippen LogP contribution in [0.4, 0.5) is 4.79 Å². The van der Waals surface area contributed by atoms with Crippen molar-refractivity contribution >= 4 is 23.3 Å². The Kier molecular flexibility index (Phi) is 4.88. The molecule has 0 bridgehead atoms. The maximum atomic E-state index is 11.8. The monoisotopic (exact) mass is 310 g/mol. The molecular formula is C12H14N4O4S. The fourth-order valence-corrected chi connectivity index (χ4v) is 2.30. The Labute approximate surface area is 123 Å². The smallest absolute Gasteiger partial charge is 0.338 e. The van der Waals surface area contributed by atoms with Crippen LogP contribution in [0.15, 0.2) is 26.8 Å². The highest BCUT2D eigenvalue weighted by atomic mass is 32.1. The summed E-state index contributed by atoms with van der Waals surface area (Å²) in [6.07, 6.45) is 0.759. The molecule has 0 saturated carbocycles. The first-order chi connectivity index (χ1) is 10.1. The van der Waals surface area contributed by atoms with Crippen LogP contribution >= 0.6 is 11.3 Å². The lowest BCUT2D eigenvalue weighted by Crippen LogP contribution is -2.42. The second-order valence-electron chi connectivity index (χ2n) is 4.14. The molecule has 2 rings (SSSR count). The Balaban J connectivity index is 2.06. The number of carbonyl (C=O) groups is 2. The Morgan fingerprint density at radius 2 is 2.29 bits per heavy atom. The number of rotatable bonds is 5. The molecule has 0 aromatic carbocycles. The van der Waals surface area contributed by atoms with Crippen LogP contribution in [0.25, 0.3) is 10.7 Å². The Morgan fingerprint density at radius 1 is 1.48 bits per heavy atom. The molecule has 0 aliphatic carbocycles. The Bertz CT molecular complexity index is 674. The molecule has 2 aromatic rings. The number of nitrogens with one attached hydrogen (secondary N) is 2. The standard InChI is InChI=1S/C12H14N4O4S/c1-2-5-13-11(18)14-9(17)7-16-10(15-20-12(16)19)8-4-3-6-21-8/h3-4,6H,2,5,7H2,1H3,(H2,13,14,17,18). The molecule has 112 valence electrons. The molecule has 0 saturated heterocycles. The lowest BCUT2D eigenvalue weighted by atomic mass is 10.4. The van der Waals surface area contributed by atoms with Gasteiger partial charge in [0.05, 0.1) is 4.88 Å². The average Bonchev–Trinajstić information content (AvgIpc) is 3.07. The molecule has 8 nitrogen and oxygen atoms in total. The third-order valence-electron chi connectivity index (χ3n) is 2.52. The molecule has 0 unspecified atom stereocenters. The molecule has 0 atom stereocenters. The number of amides is 3. The molecule has 0 aliphatic heterocycles. The molecule has 21 heavy (non-hydrogen) atoms. The quantitative estimate of drug-likeness (QED) is 0.849. The molecule has 0 fully saturated rings. The van der Waals surface area contributed by atoms with E-state index in [1.807, 2.05) is 12.3 Å². The first kappa shape index (κ1) is 15.0. The zero-order chi connectivity index (χ0) is 15.2. The van der Waals surface area contributed by atoms with Crippen molar-refractivity contribution in [3.05, 3.63) is 28.1 Å². The van der Waals surface area contributed by atoms with Crippen molar-refractivity contribution in [3.8, 4) is 10.7 Å². The highest BCUT2D eigenvalue weighted by Crippen LogP contribution is 2.21. The lowest BCUT2D eigenvalue weighted by Gasteiger charge is -2.06. The van der Waals surface area contributed by atoms with E-state index in [1.165, 1.54) is 11.3 Å². The van der Waals surface area contributed by atoms with Crippen LogP contribution in [0.2, 0.25) is 0 Å². The number of urea groups is 1. The van der Waals surface area contributed by atoms with Crippen LogP contribution in [-0.2, 0) is 11.3 Å². The van der Waals surface area contributed by atoms with E-state index in [9.17, 15) is 14.4 Å². The third kappa shape index (κ3) is 3.78. The summed E-state index contributed by atoms with van der Waals surface area (Å²) in [4.78, 5) is 35.4. The van der Waals surface area contributed by atoms with E-state index in [1.54, 1.807) is 12.1 Å². The fraction of sp³-hybridized carbons (Fsp3) is 0.333. The number of carbonyl (C=O) groups excluding carboxylic acids is 2. The average molecular weight is 310 g/mol. The number of hydrogen-bond acceptors (Lipinski definition) is 6. The van der Waals surface area contributed by atoms with Crippen molar-refractivity contribution < 1.29 is 14.1 Å². The first-order valence-electron chi connectivity index (χ1n) is 6.30. The van der Waals surface area contributed by atoms with Crippen molar-refractivity contribution in [3.63, 3.8) is 0 Å². The predicted octanol–water partition coefficient (Wildman–Crippen LogP) is 0.801. The van der Waals surface area contributed by atoms with E-state index >= 15 is 0 Å². The summed E-state index contributed by atoms with van der Waals surface area (Å²) < 4.78 is 5.65. The fourth-order valence-electron chi connectivity index (χ4n) is 1.58. The van der Waals surface area contributed by atoms with Gasteiger partial charge >= 0.3 is 11.8 Å². The summed E-state index contributed by atoms with van der Waals surface area (Å²) in [6.45, 7) is 2.02. The van der Waals surface area contributed by atoms with Crippen LogP contribution in [0.3, 0.4) is 0 Å². The lowest BCUT2D eigenvalue weighted by molar-refractivity contribution is -0.120. The number of nitrogens with zero attached hydrogens (tertiary/aromatic N) is 2. The number of thiophene rings is 1. The summed E-state index contributed by atoms with van der Waals surface area (Å²) in [6, 6.07) is 2.95. The summed E-state index contributed by atoms with van der Waals surface area (Å²) in [7, 11) is 0. The zero-order valence-electron chi connectivity index (χ0n) is 11.3. The van der Waals surface area contributed by atoms with E-state index in [2.05, 4.69) is 20.3 Å². The molecule has 3 amide bonds. The molecule has 9 heteroatoms. The van der Waals surface area contributed by atoms with Crippen molar-refractivity contribution in [2.45, 2.75) is 19.9 Å². The molecule has 2 heterocycles. The Hall–Kier alpha value is -2.42. The van der Waals surface area contributed by atoms with Gasteiger partial charge in [0.15, 0.2) is 5.82 Å². The topological polar surface area (TPSA) is 106 Å². The molecule has 0 radical (unpaired) electrons. The maximum Gasteiger partial charge on any atom is 0.442 e. The van der Waals surface area contributed by atoms with Gasteiger partial charge in [0, 0.05) is 6.54 Å². The van der Waals surface area contributed by atoms with Crippen molar-refractivity contribution in [1.29, 1.82) is 0 Å². The van der Waals surface area contributed by atoms with Crippen molar-refractivity contribution in [2.24, 2.45) is 0 Å². The molecule has 2 N–H and O–H groups in total. The van der Waals surface area contributed by atoms with Gasteiger partial charge in [-0.25, -0.2) is 14.2 Å². The minimum absolute atomic E-state index is 0.263. The Morgan fingerprint density at radius 3 is 2.95 bits per heavy atom. The summed E-state index contributed by atoms with van der Waals surface area (Å²) in [5.74, 6) is -1.10. The van der Waals surface area contributed by atoms with Crippen LogP contribution in [0.1, 0.15) is 13.3 Å². The second-order valence-corrected chi connectivity index (χ2v) is 5.09. The highest BCUT2D eigenvalue weighted by molar-refractivity contribution is 7.13. The van der Waals surface area contributed by atoms with Gasteiger partial charge in [0.1, 0.15) is 6.54 Å². The van der Waals surface area contributed by atoms with Gasteiger partial charge in [0.25, 0.3) is 0 Å². The van der Waals surface area contributed by atoms with Gasteiger partial charge in [-0.15, -0.1) is 11.3 Å². The summed E-state index contributed by atoms with van der Waals surface area (Å²) in [5, 5.41) is 10.1. The first-order valence-corrected chi connectivity index (χ1v) is 7.18. The highest BCUT2D eigenvalue weighted by Gasteiger charge is 2.17. The molecule has 0 spiro atoms. The molecular weight excluding hydrogens is 296 g/mol. The van der Waals surface area contributed by atoms with E-state index in [-0.39, 0.29) is 12.4 Å². The second kappa shape index (κ2) is 6.84. The van der Waals surface area contributed by atoms with Gasteiger partial charge in [-0.2, -0.15) is 0 Å². The maximum absolute atomic E-state index is 11.8. The number of aromatic nitrogens is 2. The zero-order valence-corrected chi connectivity index (χ0v) is 12.1. The minimum Gasteiger partial charge on any atom is -0.338 e. The van der Waals surface area contributed by atoms with E-state index in [0.717, 1.165) is 11.0 Å². The van der Waals surface area contributed by atoms with Crippen LogP contribution < -0.4 is 16.4 Å². The molecule has 0 aliphatic rings. The minimum atomic E-state index is -0.748. The normalized spacial score (nSPS) is 10.3. The molecule has 2 aromatic heterocycles.